The van der Waals surface area contributed by atoms with Crippen molar-refractivity contribution in [3.8, 4) is 73.9 Å². The van der Waals surface area contributed by atoms with Crippen LogP contribution in [0.5, 0.6) is 0 Å². The maximum absolute atomic E-state index is 10.5. The van der Waals surface area contributed by atoms with Gasteiger partial charge in [-0.3, -0.25) is 0 Å². The lowest BCUT2D eigenvalue weighted by Gasteiger charge is -2.21. The van der Waals surface area contributed by atoms with E-state index in [2.05, 4.69) is 217 Å². The molecular weight excluding hydrogens is 925 g/mol. The van der Waals surface area contributed by atoms with Gasteiger partial charge in [-0.25, -0.2) is 15.0 Å². The molecule has 12 aromatic rings. The molecule has 12 rings (SSSR count). The molecule has 0 amide bonds. The van der Waals surface area contributed by atoms with Gasteiger partial charge >= 0.3 is 0 Å². The van der Waals surface area contributed by atoms with E-state index in [9.17, 15) is 5.26 Å². The molecule has 0 fully saturated rings. The molecule has 0 aliphatic rings. The molecule has 76 heavy (non-hydrogen) atoms. The van der Waals surface area contributed by atoms with Crippen LogP contribution in [-0.4, -0.2) is 24.1 Å². The fourth-order valence-corrected chi connectivity index (χ4v) is 10.9. The molecule has 0 radical (unpaired) electrons. The van der Waals surface area contributed by atoms with E-state index in [1.807, 2.05) is 60.7 Å². The minimum Gasteiger partial charge on any atom is -0.309 e. The summed E-state index contributed by atoms with van der Waals surface area (Å²) in [6, 6.07) is 73.8. The second-order valence-corrected chi connectivity index (χ2v) is 23.3. The fraction of sp³-hybridized carbons (Fsp3) is 0.171. The number of nitriles is 1. The third-order valence-electron chi connectivity index (χ3n) is 15.1. The highest BCUT2D eigenvalue weighted by Gasteiger charge is 2.26. The molecule has 0 unspecified atom stereocenters. The van der Waals surface area contributed by atoms with Gasteiger partial charge in [0, 0.05) is 43.8 Å². The Bertz CT molecular complexity index is 4150. The number of benzene rings is 9. The van der Waals surface area contributed by atoms with Crippen LogP contribution in [0.25, 0.3) is 111 Å². The maximum Gasteiger partial charge on any atom is 0.166 e. The van der Waals surface area contributed by atoms with Crippen LogP contribution in [0.15, 0.2) is 200 Å². The lowest BCUT2D eigenvalue weighted by molar-refractivity contribution is 0.590. The van der Waals surface area contributed by atoms with Crippen molar-refractivity contribution < 1.29 is 0 Å². The molecule has 0 atom stereocenters. The zero-order valence-corrected chi connectivity index (χ0v) is 44.7. The van der Waals surface area contributed by atoms with Gasteiger partial charge in [0.15, 0.2) is 17.5 Å². The summed E-state index contributed by atoms with van der Waals surface area (Å²) in [5.41, 5.74) is 17.1. The summed E-state index contributed by atoms with van der Waals surface area (Å²) in [5.74, 6) is 1.72. The van der Waals surface area contributed by atoms with Crippen LogP contribution < -0.4 is 0 Å². The number of fused-ring (bicyclic) bond motifs is 6. The highest BCUT2D eigenvalue weighted by molar-refractivity contribution is 6.12. The van der Waals surface area contributed by atoms with Crippen molar-refractivity contribution in [2.24, 2.45) is 0 Å². The Labute approximate surface area is 445 Å². The number of hydrogen-bond acceptors (Lipinski definition) is 4. The average Bonchev–Trinajstić information content (AvgIpc) is 4.15. The summed E-state index contributed by atoms with van der Waals surface area (Å²) in [7, 11) is 0. The van der Waals surface area contributed by atoms with Crippen LogP contribution in [0.3, 0.4) is 0 Å². The van der Waals surface area contributed by atoms with E-state index in [1.54, 1.807) is 0 Å². The van der Waals surface area contributed by atoms with E-state index in [-0.39, 0.29) is 16.2 Å². The Hall–Kier alpha value is -8.92. The van der Waals surface area contributed by atoms with Crippen molar-refractivity contribution in [2.45, 2.75) is 78.6 Å². The van der Waals surface area contributed by atoms with Gasteiger partial charge in [0.25, 0.3) is 0 Å². The van der Waals surface area contributed by atoms with Crippen LogP contribution >= 0.6 is 0 Å². The first kappa shape index (κ1) is 48.0. The van der Waals surface area contributed by atoms with E-state index in [4.69, 9.17) is 15.0 Å². The molecule has 6 heteroatoms. The smallest absolute Gasteiger partial charge is 0.166 e. The van der Waals surface area contributed by atoms with Crippen LogP contribution in [0.4, 0.5) is 0 Å². The SMILES string of the molecule is CC(C)(C)c1ccc2c(c1)c1cc(C(C)(C)C)ccc1n2-c1ccc(-c2ccccc2C#N)cc1-c1ccc(-n2c3ccccc3c3cc(C(C)(C)C)ccc32)c(-c2nc(-c3ccccc3)nc(-c3ccccc3)n2)c1. The molecule has 370 valence electrons. The molecule has 0 saturated heterocycles. The quantitative estimate of drug-likeness (QED) is 0.159. The minimum absolute atomic E-state index is 0.0448. The predicted molar refractivity (Wildman–Crippen MR) is 317 cm³/mol. The van der Waals surface area contributed by atoms with E-state index < -0.39 is 0 Å². The highest BCUT2D eigenvalue weighted by Crippen LogP contribution is 2.44. The monoisotopic (exact) mass is 984 g/mol. The Morgan fingerprint density at radius 1 is 0.329 bits per heavy atom. The van der Waals surface area contributed by atoms with E-state index >= 15 is 0 Å². The van der Waals surface area contributed by atoms with E-state index in [1.165, 1.54) is 38.2 Å². The zero-order valence-electron chi connectivity index (χ0n) is 44.7. The van der Waals surface area contributed by atoms with Gasteiger partial charge in [0.2, 0.25) is 0 Å². The van der Waals surface area contributed by atoms with Gasteiger partial charge < -0.3 is 9.13 Å². The van der Waals surface area contributed by atoms with Gasteiger partial charge in [-0.2, -0.15) is 5.26 Å². The molecule has 3 aromatic heterocycles. The largest absolute Gasteiger partial charge is 0.309 e. The Morgan fingerprint density at radius 2 is 0.724 bits per heavy atom. The number of hydrogen-bond donors (Lipinski definition) is 0. The Balaban J connectivity index is 1.20. The highest BCUT2D eigenvalue weighted by atomic mass is 15.1. The van der Waals surface area contributed by atoms with Crippen LogP contribution in [0.1, 0.15) is 84.6 Å². The molecule has 0 saturated carbocycles. The fourth-order valence-electron chi connectivity index (χ4n) is 10.9. The first-order valence-corrected chi connectivity index (χ1v) is 26.3. The summed E-state index contributed by atoms with van der Waals surface area (Å²) in [5, 5.41) is 15.3. The molecule has 0 bridgehead atoms. The van der Waals surface area contributed by atoms with Crippen molar-refractivity contribution >= 4 is 43.6 Å². The second kappa shape index (κ2) is 18.2. The summed E-state index contributed by atoms with van der Waals surface area (Å²) in [6.45, 7) is 20.5. The van der Waals surface area contributed by atoms with Crippen molar-refractivity contribution in [2.75, 3.05) is 0 Å². The molecule has 0 N–H and O–H groups in total. The molecule has 0 aliphatic carbocycles. The topological polar surface area (TPSA) is 72.3 Å². The first-order chi connectivity index (χ1) is 36.5. The van der Waals surface area contributed by atoms with Gasteiger partial charge in [-0.05, 0) is 122 Å². The zero-order chi connectivity index (χ0) is 52.7. The molecule has 6 nitrogen and oxygen atoms in total. The maximum atomic E-state index is 10.5. The second-order valence-electron chi connectivity index (χ2n) is 23.3. The third kappa shape index (κ3) is 8.43. The van der Waals surface area contributed by atoms with Crippen LogP contribution in [0.2, 0.25) is 0 Å². The van der Waals surface area contributed by atoms with Crippen LogP contribution in [-0.2, 0) is 16.2 Å². The molecule has 3 heterocycles. The van der Waals surface area contributed by atoms with Gasteiger partial charge in [0.1, 0.15) is 0 Å². The standard InChI is InChI=1S/C70H60N6/c1-68(2,3)49-30-35-61-55(40-49)53-26-18-19-27-59(53)75(61)64-34-29-47(39-58(64)67-73-65(44-20-12-10-13-21-44)72-66(74-67)45-22-14-11-15-23-45)54-38-46(52-25-17-16-24-48(52)43-71)28-33-60(54)76-62-36-31-50(69(4,5)6)41-56(62)57-42-51(70(7,8)9)32-37-63(57)76/h10-42H,1-9H3. The molecule has 9 aromatic carbocycles. The number of nitrogens with zero attached hydrogens (tertiary/aromatic N) is 6. The number of aromatic nitrogens is 5. The van der Waals surface area contributed by atoms with Crippen molar-refractivity contribution in [3.63, 3.8) is 0 Å². The summed E-state index contributed by atoms with van der Waals surface area (Å²) in [4.78, 5) is 16.0. The van der Waals surface area contributed by atoms with Gasteiger partial charge in [-0.15, -0.1) is 0 Å². The normalized spacial score (nSPS) is 12.3. The summed E-state index contributed by atoms with van der Waals surface area (Å²) >= 11 is 0. The molecule has 0 aliphatic heterocycles. The average molecular weight is 985 g/mol. The Morgan fingerprint density at radius 3 is 1.22 bits per heavy atom. The van der Waals surface area contributed by atoms with Gasteiger partial charge in [-0.1, -0.05) is 190 Å². The summed E-state index contributed by atoms with van der Waals surface area (Å²) in [6.07, 6.45) is 0. The number of para-hydroxylation sites is 1. The van der Waals surface area contributed by atoms with E-state index in [0.717, 1.165) is 72.4 Å². The van der Waals surface area contributed by atoms with E-state index in [0.29, 0.717) is 23.0 Å². The molecular formula is C70H60N6. The third-order valence-corrected chi connectivity index (χ3v) is 15.1. The predicted octanol–water partition coefficient (Wildman–Crippen LogP) is 18.2. The summed E-state index contributed by atoms with van der Waals surface area (Å²) < 4.78 is 4.83. The van der Waals surface area contributed by atoms with Crippen LogP contribution in [0, 0.1) is 11.3 Å². The first-order valence-electron chi connectivity index (χ1n) is 26.3. The minimum atomic E-state index is -0.0512. The lowest BCUT2D eigenvalue weighted by atomic mass is 9.85. The van der Waals surface area contributed by atoms with Crippen molar-refractivity contribution in [1.29, 1.82) is 5.26 Å². The Kier molecular flexibility index (Phi) is 11.5. The molecule has 0 spiro atoms. The number of rotatable bonds is 7. The van der Waals surface area contributed by atoms with Crippen molar-refractivity contribution in [1.82, 2.24) is 24.1 Å². The van der Waals surface area contributed by atoms with Gasteiger partial charge in [0.05, 0.1) is 45.1 Å². The van der Waals surface area contributed by atoms with Crippen molar-refractivity contribution in [3.05, 3.63) is 222 Å². The lowest BCUT2D eigenvalue weighted by Crippen LogP contribution is -2.10.